The van der Waals surface area contributed by atoms with Gasteiger partial charge in [-0.3, -0.25) is 14.6 Å². The molecule has 37 heavy (non-hydrogen) atoms. The van der Waals surface area contributed by atoms with E-state index in [1.54, 1.807) is 36.5 Å². The molecule has 0 radical (unpaired) electrons. The van der Waals surface area contributed by atoms with Gasteiger partial charge in [0, 0.05) is 19.2 Å². The number of hydrogen-bond acceptors (Lipinski definition) is 4. The van der Waals surface area contributed by atoms with Gasteiger partial charge < -0.3 is 15.0 Å². The van der Waals surface area contributed by atoms with Crippen molar-refractivity contribution < 1.29 is 18.7 Å². The summed E-state index contributed by atoms with van der Waals surface area (Å²) >= 11 is 0. The number of aromatic nitrogens is 1. The first-order valence-electron chi connectivity index (χ1n) is 12.0. The standard InChI is InChI=1S/C30H28FN3O3/c31-25-16-14-24(15-17-25)21-34(29(35)22-37-27-12-5-2-6-13-27)28(19-23-9-3-1-4-10-23)30(36)33-20-26-11-7-8-18-32-26/h1-18,28H,19-22H2,(H,33,36). The average molecular weight is 498 g/mol. The van der Waals surface area contributed by atoms with Crippen molar-refractivity contribution in [1.29, 1.82) is 0 Å². The summed E-state index contributed by atoms with van der Waals surface area (Å²) in [5, 5.41) is 2.93. The fourth-order valence-corrected chi connectivity index (χ4v) is 3.88. The second-order valence-corrected chi connectivity index (χ2v) is 8.49. The fourth-order valence-electron chi connectivity index (χ4n) is 3.88. The van der Waals surface area contributed by atoms with E-state index in [4.69, 9.17) is 4.74 Å². The highest BCUT2D eigenvalue weighted by molar-refractivity contribution is 5.88. The Morgan fingerprint density at radius 3 is 2.19 bits per heavy atom. The molecular weight excluding hydrogens is 469 g/mol. The van der Waals surface area contributed by atoms with Crippen LogP contribution < -0.4 is 10.1 Å². The molecular formula is C30H28FN3O3. The van der Waals surface area contributed by atoms with Crippen molar-refractivity contribution in [3.8, 4) is 5.75 Å². The molecule has 0 aliphatic heterocycles. The van der Waals surface area contributed by atoms with Crippen molar-refractivity contribution in [2.45, 2.75) is 25.6 Å². The molecule has 4 aromatic rings. The van der Waals surface area contributed by atoms with E-state index in [2.05, 4.69) is 10.3 Å². The van der Waals surface area contributed by atoms with Crippen LogP contribution in [0.4, 0.5) is 4.39 Å². The molecule has 6 nitrogen and oxygen atoms in total. The van der Waals surface area contributed by atoms with Crippen LogP contribution in [0.15, 0.2) is 109 Å². The van der Waals surface area contributed by atoms with Gasteiger partial charge in [0.05, 0.1) is 12.2 Å². The van der Waals surface area contributed by atoms with Gasteiger partial charge in [-0.1, -0.05) is 66.7 Å². The van der Waals surface area contributed by atoms with Gasteiger partial charge in [0.1, 0.15) is 17.6 Å². The molecule has 1 N–H and O–H groups in total. The average Bonchev–Trinajstić information content (AvgIpc) is 2.95. The number of amides is 2. The van der Waals surface area contributed by atoms with Crippen LogP contribution in [0.3, 0.4) is 0 Å². The maximum atomic E-state index is 13.6. The Labute approximate surface area is 215 Å². The van der Waals surface area contributed by atoms with Crippen LogP contribution in [0.2, 0.25) is 0 Å². The van der Waals surface area contributed by atoms with Gasteiger partial charge in [0.25, 0.3) is 5.91 Å². The first-order chi connectivity index (χ1) is 18.1. The summed E-state index contributed by atoms with van der Waals surface area (Å²) in [4.78, 5) is 32.8. The predicted molar refractivity (Wildman–Crippen MR) is 139 cm³/mol. The number of benzene rings is 3. The zero-order valence-corrected chi connectivity index (χ0v) is 20.3. The van der Waals surface area contributed by atoms with Crippen LogP contribution in [0.5, 0.6) is 5.75 Å². The molecule has 0 aliphatic rings. The van der Waals surface area contributed by atoms with Gasteiger partial charge in [-0.05, 0) is 47.5 Å². The monoisotopic (exact) mass is 497 g/mol. The second-order valence-electron chi connectivity index (χ2n) is 8.49. The lowest BCUT2D eigenvalue weighted by molar-refractivity contribution is -0.142. The maximum absolute atomic E-state index is 13.6. The maximum Gasteiger partial charge on any atom is 0.261 e. The van der Waals surface area contributed by atoms with Gasteiger partial charge in [-0.15, -0.1) is 0 Å². The number of hydrogen-bond donors (Lipinski definition) is 1. The number of pyridine rings is 1. The Hall–Kier alpha value is -4.52. The normalized spacial score (nSPS) is 11.4. The molecule has 1 atom stereocenters. The minimum absolute atomic E-state index is 0.117. The van der Waals surface area contributed by atoms with Crippen LogP contribution in [0, 0.1) is 5.82 Å². The third kappa shape index (κ3) is 7.73. The lowest BCUT2D eigenvalue weighted by atomic mass is 10.0. The van der Waals surface area contributed by atoms with E-state index in [9.17, 15) is 14.0 Å². The summed E-state index contributed by atoms with van der Waals surface area (Å²) < 4.78 is 19.3. The molecule has 4 rings (SSSR count). The minimum atomic E-state index is -0.831. The molecule has 0 saturated carbocycles. The lowest BCUT2D eigenvalue weighted by Gasteiger charge is -2.31. The number of halogens is 1. The van der Waals surface area contributed by atoms with Gasteiger partial charge in [-0.25, -0.2) is 4.39 Å². The summed E-state index contributed by atoms with van der Waals surface area (Å²) in [6.07, 6.45) is 1.96. The fraction of sp³-hybridized carbons (Fsp3) is 0.167. The number of nitrogens with zero attached hydrogens (tertiary/aromatic N) is 2. The molecule has 0 bridgehead atoms. The molecule has 0 spiro atoms. The zero-order valence-electron chi connectivity index (χ0n) is 20.3. The van der Waals surface area contributed by atoms with Crippen LogP contribution in [0.1, 0.15) is 16.8 Å². The molecule has 2 amide bonds. The largest absolute Gasteiger partial charge is 0.484 e. The van der Waals surface area contributed by atoms with Crippen molar-refractivity contribution in [1.82, 2.24) is 15.2 Å². The number of nitrogens with one attached hydrogen (secondary N) is 1. The summed E-state index contributed by atoms with van der Waals surface area (Å²) in [5.41, 5.74) is 2.31. The smallest absolute Gasteiger partial charge is 0.261 e. The summed E-state index contributed by atoms with van der Waals surface area (Å²) in [7, 11) is 0. The van der Waals surface area contributed by atoms with Crippen LogP contribution >= 0.6 is 0 Å². The Kier molecular flexibility index (Phi) is 8.97. The molecule has 188 valence electrons. The molecule has 7 heteroatoms. The molecule has 3 aromatic carbocycles. The molecule has 1 heterocycles. The van der Waals surface area contributed by atoms with Crippen molar-refractivity contribution >= 4 is 11.8 Å². The third-order valence-electron chi connectivity index (χ3n) is 5.81. The van der Waals surface area contributed by atoms with E-state index in [0.717, 1.165) is 5.56 Å². The lowest BCUT2D eigenvalue weighted by Crippen LogP contribution is -2.51. The van der Waals surface area contributed by atoms with E-state index in [1.807, 2.05) is 60.7 Å². The van der Waals surface area contributed by atoms with Gasteiger partial charge in [0.15, 0.2) is 6.61 Å². The topological polar surface area (TPSA) is 71.5 Å². The summed E-state index contributed by atoms with van der Waals surface area (Å²) in [6.45, 7) is 0.0971. The Morgan fingerprint density at radius 2 is 1.51 bits per heavy atom. The third-order valence-corrected chi connectivity index (χ3v) is 5.81. The number of rotatable bonds is 11. The zero-order chi connectivity index (χ0) is 25.9. The molecule has 0 aliphatic carbocycles. The quantitative estimate of drug-likeness (QED) is 0.330. The van der Waals surface area contributed by atoms with Gasteiger partial charge >= 0.3 is 0 Å². The van der Waals surface area contributed by atoms with E-state index in [1.165, 1.54) is 17.0 Å². The highest BCUT2D eigenvalue weighted by Crippen LogP contribution is 2.17. The minimum Gasteiger partial charge on any atom is -0.484 e. The van der Waals surface area contributed by atoms with E-state index in [0.29, 0.717) is 23.4 Å². The Morgan fingerprint density at radius 1 is 0.838 bits per heavy atom. The van der Waals surface area contributed by atoms with Crippen molar-refractivity contribution in [2.75, 3.05) is 6.61 Å². The second kappa shape index (κ2) is 13.0. The van der Waals surface area contributed by atoms with Crippen LogP contribution in [-0.4, -0.2) is 34.3 Å². The van der Waals surface area contributed by atoms with Crippen LogP contribution in [-0.2, 0) is 29.1 Å². The highest BCUT2D eigenvalue weighted by atomic mass is 19.1. The van der Waals surface area contributed by atoms with Crippen molar-refractivity contribution in [2.24, 2.45) is 0 Å². The molecule has 0 fully saturated rings. The number of ether oxygens (including phenoxy) is 1. The molecule has 1 unspecified atom stereocenters. The van der Waals surface area contributed by atoms with E-state index >= 15 is 0 Å². The Bertz CT molecular complexity index is 1270. The first kappa shape index (κ1) is 25.6. The van der Waals surface area contributed by atoms with Gasteiger partial charge in [-0.2, -0.15) is 0 Å². The van der Waals surface area contributed by atoms with E-state index in [-0.39, 0.29) is 37.3 Å². The summed E-state index contributed by atoms with van der Waals surface area (Å²) in [5.74, 6) is -0.494. The summed E-state index contributed by atoms with van der Waals surface area (Å²) in [6, 6.07) is 29.1. The predicted octanol–water partition coefficient (Wildman–Crippen LogP) is 4.56. The van der Waals surface area contributed by atoms with Crippen molar-refractivity contribution in [3.63, 3.8) is 0 Å². The first-order valence-corrected chi connectivity index (χ1v) is 12.0. The van der Waals surface area contributed by atoms with Crippen LogP contribution in [0.25, 0.3) is 0 Å². The highest BCUT2D eigenvalue weighted by Gasteiger charge is 2.30. The molecule has 0 saturated heterocycles. The number of carbonyl (C=O) groups excluding carboxylic acids is 2. The van der Waals surface area contributed by atoms with Gasteiger partial charge in [0.2, 0.25) is 5.91 Å². The SMILES string of the molecule is O=C(NCc1ccccn1)C(Cc1ccccc1)N(Cc1ccc(F)cc1)C(=O)COc1ccccc1. The Balaban J connectivity index is 1.60. The number of para-hydroxylation sites is 1. The van der Waals surface area contributed by atoms with Crippen molar-refractivity contribution in [3.05, 3.63) is 132 Å². The van der Waals surface area contributed by atoms with E-state index < -0.39 is 6.04 Å². The molecule has 1 aromatic heterocycles. The number of carbonyl (C=O) groups is 2.